The summed E-state index contributed by atoms with van der Waals surface area (Å²) in [5, 5.41) is 11.0. The lowest BCUT2D eigenvalue weighted by molar-refractivity contribution is -0.0924. The Morgan fingerprint density at radius 1 is 0.667 bits per heavy atom. The minimum absolute atomic E-state index is 0.850. The summed E-state index contributed by atoms with van der Waals surface area (Å²) in [7, 11) is 0. The van der Waals surface area contributed by atoms with Crippen molar-refractivity contribution in [3.8, 4) is 0 Å². The van der Waals surface area contributed by atoms with Crippen molar-refractivity contribution in [3.63, 3.8) is 0 Å². The van der Waals surface area contributed by atoms with Crippen LogP contribution >= 0.6 is 0 Å². The normalized spacial score (nSPS) is 11.2. The predicted molar refractivity (Wildman–Crippen MR) is 66.3 cm³/mol. The average Bonchev–Trinajstić information content (AvgIpc) is 2.23. The van der Waals surface area contributed by atoms with Crippen LogP contribution in [0, 0.1) is 0 Å². The van der Waals surface area contributed by atoms with Crippen LogP contribution in [-0.2, 0) is 0 Å². The average molecular weight is 215 g/mol. The SMILES string of the molecule is CCCCCCCCN(O)CCCCC. The molecule has 0 saturated carbocycles. The van der Waals surface area contributed by atoms with Crippen molar-refractivity contribution >= 4 is 0 Å². The number of hydrogen-bond donors (Lipinski definition) is 1. The summed E-state index contributed by atoms with van der Waals surface area (Å²) >= 11 is 0. The fourth-order valence-electron chi connectivity index (χ4n) is 1.73. The van der Waals surface area contributed by atoms with Gasteiger partial charge in [-0.2, -0.15) is 5.06 Å². The molecule has 0 heterocycles. The fraction of sp³-hybridized carbons (Fsp3) is 1.00. The van der Waals surface area contributed by atoms with Crippen molar-refractivity contribution in [2.24, 2.45) is 0 Å². The molecule has 0 aliphatic heterocycles. The highest BCUT2D eigenvalue weighted by Crippen LogP contribution is 2.05. The highest BCUT2D eigenvalue weighted by atomic mass is 16.5. The highest BCUT2D eigenvalue weighted by Gasteiger charge is 1.99. The second-order valence-corrected chi connectivity index (χ2v) is 4.43. The Balaban J connectivity index is 3.06. The van der Waals surface area contributed by atoms with Gasteiger partial charge < -0.3 is 5.21 Å². The minimum atomic E-state index is 0.850. The Kier molecular flexibility index (Phi) is 11.9. The number of nitrogens with zero attached hydrogens (tertiary/aromatic N) is 1. The molecule has 0 atom stereocenters. The molecule has 0 aliphatic carbocycles. The summed E-state index contributed by atoms with van der Waals surface area (Å²) in [6.07, 6.45) is 11.4. The molecule has 2 heteroatoms. The summed E-state index contributed by atoms with van der Waals surface area (Å²) in [6, 6.07) is 0. The Bertz CT molecular complexity index is 117. The quantitative estimate of drug-likeness (QED) is 0.412. The van der Waals surface area contributed by atoms with E-state index in [0.29, 0.717) is 0 Å². The van der Waals surface area contributed by atoms with Crippen molar-refractivity contribution in [3.05, 3.63) is 0 Å². The second-order valence-electron chi connectivity index (χ2n) is 4.43. The predicted octanol–water partition coefficient (Wildman–Crippen LogP) is 4.23. The standard InChI is InChI=1S/C13H29NO/c1-3-5-7-8-9-11-13-14(15)12-10-6-4-2/h15H,3-13H2,1-2H3. The molecule has 0 aromatic heterocycles. The van der Waals surface area contributed by atoms with E-state index in [4.69, 9.17) is 0 Å². The third-order valence-electron chi connectivity index (χ3n) is 2.79. The molecule has 0 aliphatic rings. The van der Waals surface area contributed by atoms with Crippen molar-refractivity contribution < 1.29 is 5.21 Å². The van der Waals surface area contributed by atoms with Crippen LogP contribution in [-0.4, -0.2) is 23.4 Å². The summed E-state index contributed by atoms with van der Waals surface area (Å²) < 4.78 is 0. The highest BCUT2D eigenvalue weighted by molar-refractivity contribution is 4.49. The third-order valence-corrected chi connectivity index (χ3v) is 2.79. The van der Waals surface area contributed by atoms with Crippen molar-refractivity contribution in [1.82, 2.24) is 5.06 Å². The molecule has 15 heavy (non-hydrogen) atoms. The van der Waals surface area contributed by atoms with Gasteiger partial charge in [-0.1, -0.05) is 58.8 Å². The zero-order chi connectivity index (χ0) is 11.4. The molecule has 0 unspecified atom stereocenters. The second kappa shape index (κ2) is 12.0. The number of hydroxylamine groups is 2. The van der Waals surface area contributed by atoms with Gasteiger partial charge in [0.05, 0.1) is 0 Å². The fourth-order valence-corrected chi connectivity index (χ4v) is 1.73. The summed E-state index contributed by atoms with van der Waals surface area (Å²) in [5.74, 6) is 0. The molecule has 0 saturated heterocycles. The first-order valence-corrected chi connectivity index (χ1v) is 6.75. The molecule has 0 spiro atoms. The van der Waals surface area contributed by atoms with Gasteiger partial charge in [-0.05, 0) is 12.8 Å². The van der Waals surface area contributed by atoms with Crippen LogP contribution in [0.3, 0.4) is 0 Å². The first-order chi connectivity index (χ1) is 7.31. The lowest BCUT2D eigenvalue weighted by Gasteiger charge is -2.13. The van der Waals surface area contributed by atoms with Gasteiger partial charge in [-0.15, -0.1) is 0 Å². The van der Waals surface area contributed by atoms with Crippen LogP contribution in [0.1, 0.15) is 71.6 Å². The van der Waals surface area contributed by atoms with Gasteiger partial charge in [-0.25, -0.2) is 0 Å². The Morgan fingerprint density at radius 2 is 1.07 bits per heavy atom. The maximum Gasteiger partial charge on any atom is 0.0238 e. The van der Waals surface area contributed by atoms with E-state index >= 15 is 0 Å². The minimum Gasteiger partial charge on any atom is -0.314 e. The van der Waals surface area contributed by atoms with E-state index in [1.165, 1.54) is 50.0 Å². The van der Waals surface area contributed by atoms with E-state index in [1.807, 2.05) is 0 Å². The third kappa shape index (κ3) is 11.8. The van der Waals surface area contributed by atoms with Crippen LogP contribution < -0.4 is 0 Å². The molecule has 2 nitrogen and oxygen atoms in total. The first-order valence-electron chi connectivity index (χ1n) is 6.75. The van der Waals surface area contributed by atoms with E-state index in [1.54, 1.807) is 0 Å². The molecule has 0 rings (SSSR count). The molecule has 0 fully saturated rings. The van der Waals surface area contributed by atoms with E-state index in [9.17, 15) is 5.21 Å². The molecule has 0 aromatic carbocycles. The lowest BCUT2D eigenvalue weighted by atomic mass is 10.1. The zero-order valence-corrected chi connectivity index (χ0v) is 10.7. The van der Waals surface area contributed by atoms with Gasteiger partial charge >= 0.3 is 0 Å². The van der Waals surface area contributed by atoms with Crippen LogP contribution in [0.25, 0.3) is 0 Å². The monoisotopic (exact) mass is 215 g/mol. The molecule has 92 valence electrons. The maximum absolute atomic E-state index is 9.51. The molecule has 1 N–H and O–H groups in total. The van der Waals surface area contributed by atoms with Gasteiger partial charge in [-0.3, -0.25) is 0 Å². The summed E-state index contributed by atoms with van der Waals surface area (Å²) in [5.41, 5.74) is 0. The molecule has 0 amide bonds. The number of rotatable bonds is 11. The molecule has 0 aromatic rings. The van der Waals surface area contributed by atoms with E-state index in [-0.39, 0.29) is 0 Å². The Hall–Kier alpha value is -0.0800. The van der Waals surface area contributed by atoms with Crippen LogP contribution in [0.15, 0.2) is 0 Å². The zero-order valence-electron chi connectivity index (χ0n) is 10.7. The van der Waals surface area contributed by atoms with E-state index < -0.39 is 0 Å². The van der Waals surface area contributed by atoms with Crippen LogP contribution in [0.4, 0.5) is 0 Å². The van der Waals surface area contributed by atoms with Crippen molar-refractivity contribution in [2.45, 2.75) is 71.6 Å². The Labute approximate surface area is 95.6 Å². The largest absolute Gasteiger partial charge is 0.314 e. The van der Waals surface area contributed by atoms with Gasteiger partial charge in [0.1, 0.15) is 0 Å². The van der Waals surface area contributed by atoms with Crippen LogP contribution in [0.2, 0.25) is 0 Å². The van der Waals surface area contributed by atoms with Gasteiger partial charge in [0.25, 0.3) is 0 Å². The van der Waals surface area contributed by atoms with Crippen molar-refractivity contribution in [1.29, 1.82) is 0 Å². The topological polar surface area (TPSA) is 23.5 Å². The molecular weight excluding hydrogens is 186 g/mol. The van der Waals surface area contributed by atoms with E-state index in [0.717, 1.165) is 25.9 Å². The van der Waals surface area contributed by atoms with Crippen LogP contribution in [0.5, 0.6) is 0 Å². The summed E-state index contributed by atoms with van der Waals surface area (Å²) in [4.78, 5) is 0. The number of unbranched alkanes of at least 4 members (excludes halogenated alkanes) is 7. The van der Waals surface area contributed by atoms with Gasteiger partial charge in [0, 0.05) is 13.1 Å². The smallest absolute Gasteiger partial charge is 0.0238 e. The lowest BCUT2D eigenvalue weighted by Crippen LogP contribution is -2.21. The van der Waals surface area contributed by atoms with Gasteiger partial charge in [0.2, 0.25) is 0 Å². The van der Waals surface area contributed by atoms with Crippen molar-refractivity contribution in [2.75, 3.05) is 13.1 Å². The molecule has 0 radical (unpaired) electrons. The number of hydrogen-bond acceptors (Lipinski definition) is 2. The van der Waals surface area contributed by atoms with E-state index in [2.05, 4.69) is 13.8 Å². The summed E-state index contributed by atoms with van der Waals surface area (Å²) in [6.45, 7) is 6.14. The maximum atomic E-state index is 9.51. The molecule has 0 bridgehead atoms. The Morgan fingerprint density at radius 3 is 1.67 bits per heavy atom. The first kappa shape index (κ1) is 14.9. The molecular formula is C13H29NO. The van der Waals surface area contributed by atoms with Gasteiger partial charge in [0.15, 0.2) is 0 Å².